The molecule has 1 fully saturated rings. The molecular formula is C14H21NO. The van der Waals surface area contributed by atoms with Crippen LogP contribution in [-0.2, 0) is 0 Å². The van der Waals surface area contributed by atoms with Crippen molar-refractivity contribution in [2.45, 2.75) is 38.8 Å². The molecule has 88 valence electrons. The third-order valence-electron chi connectivity index (χ3n) is 3.56. The molecule has 0 bridgehead atoms. The molecule has 0 aliphatic carbocycles. The van der Waals surface area contributed by atoms with Crippen LogP contribution in [0.5, 0.6) is 0 Å². The maximum Gasteiger partial charge on any atom is 0.0917 e. The number of β-amino-alcohol motifs (C(OH)–C–C–N with tert-alkyl or cyclic N) is 1. The highest BCUT2D eigenvalue weighted by atomic mass is 16.3. The number of aliphatic hydroxyl groups excluding tert-OH is 1. The molecule has 0 radical (unpaired) electrons. The minimum Gasteiger partial charge on any atom is -0.387 e. The molecule has 0 saturated carbocycles. The second-order valence-electron chi connectivity index (χ2n) is 4.91. The van der Waals surface area contributed by atoms with Gasteiger partial charge in [-0.05, 0) is 38.8 Å². The van der Waals surface area contributed by atoms with Crippen molar-refractivity contribution < 1.29 is 5.11 Å². The van der Waals surface area contributed by atoms with Crippen LogP contribution in [0.2, 0.25) is 0 Å². The Kier molecular flexibility index (Phi) is 3.62. The number of hydrogen-bond donors (Lipinski definition) is 1. The first-order chi connectivity index (χ1) is 7.66. The summed E-state index contributed by atoms with van der Waals surface area (Å²) < 4.78 is 0. The molecule has 2 rings (SSSR count). The molecule has 1 N–H and O–H groups in total. The lowest BCUT2D eigenvalue weighted by molar-refractivity contribution is 0.110. The van der Waals surface area contributed by atoms with Crippen molar-refractivity contribution in [2.24, 2.45) is 0 Å². The minimum atomic E-state index is -0.346. The Morgan fingerprint density at radius 2 is 2.06 bits per heavy atom. The van der Waals surface area contributed by atoms with Gasteiger partial charge in [0.2, 0.25) is 0 Å². The van der Waals surface area contributed by atoms with Crippen LogP contribution in [0.15, 0.2) is 24.3 Å². The Morgan fingerprint density at radius 3 is 2.62 bits per heavy atom. The number of hydrogen-bond acceptors (Lipinski definition) is 2. The molecule has 2 heteroatoms. The zero-order chi connectivity index (χ0) is 11.5. The predicted molar refractivity (Wildman–Crippen MR) is 66.4 cm³/mol. The summed E-state index contributed by atoms with van der Waals surface area (Å²) in [6.07, 6.45) is 2.18. The van der Waals surface area contributed by atoms with Gasteiger partial charge in [0, 0.05) is 12.6 Å². The fourth-order valence-corrected chi connectivity index (χ4v) is 2.38. The van der Waals surface area contributed by atoms with Crippen LogP contribution < -0.4 is 0 Å². The van der Waals surface area contributed by atoms with Gasteiger partial charge in [-0.2, -0.15) is 0 Å². The molecule has 0 aromatic heterocycles. The Bertz CT molecular complexity index is 333. The van der Waals surface area contributed by atoms with Crippen LogP contribution in [-0.4, -0.2) is 29.1 Å². The van der Waals surface area contributed by atoms with Crippen molar-refractivity contribution in [1.82, 2.24) is 4.90 Å². The van der Waals surface area contributed by atoms with Crippen LogP contribution in [0.3, 0.4) is 0 Å². The summed E-state index contributed by atoms with van der Waals surface area (Å²) in [5, 5.41) is 10.1. The molecule has 1 heterocycles. The number of aliphatic hydroxyl groups is 1. The number of nitrogens with zero attached hydrogens (tertiary/aromatic N) is 1. The molecule has 0 spiro atoms. The zero-order valence-corrected chi connectivity index (χ0v) is 10.2. The third-order valence-corrected chi connectivity index (χ3v) is 3.56. The first-order valence-electron chi connectivity index (χ1n) is 6.15. The van der Waals surface area contributed by atoms with Gasteiger partial charge in [-0.25, -0.2) is 0 Å². The van der Waals surface area contributed by atoms with Gasteiger partial charge in [-0.1, -0.05) is 29.8 Å². The lowest BCUT2D eigenvalue weighted by Crippen LogP contribution is -2.31. The summed E-state index contributed by atoms with van der Waals surface area (Å²) >= 11 is 0. The van der Waals surface area contributed by atoms with E-state index < -0.39 is 0 Å². The van der Waals surface area contributed by atoms with Gasteiger partial charge < -0.3 is 5.11 Å². The Balaban J connectivity index is 1.97. The largest absolute Gasteiger partial charge is 0.387 e. The van der Waals surface area contributed by atoms with Gasteiger partial charge in [0.1, 0.15) is 0 Å². The van der Waals surface area contributed by atoms with Crippen LogP contribution in [0.25, 0.3) is 0 Å². The summed E-state index contributed by atoms with van der Waals surface area (Å²) in [6.45, 7) is 6.21. The summed E-state index contributed by atoms with van der Waals surface area (Å²) in [7, 11) is 0. The highest BCUT2D eigenvalue weighted by Crippen LogP contribution is 2.21. The monoisotopic (exact) mass is 219 g/mol. The Labute approximate surface area is 97.9 Å². The van der Waals surface area contributed by atoms with Gasteiger partial charge >= 0.3 is 0 Å². The lowest BCUT2D eigenvalue weighted by atomic mass is 10.1. The van der Waals surface area contributed by atoms with E-state index in [0.717, 1.165) is 18.7 Å². The van der Waals surface area contributed by atoms with E-state index in [9.17, 15) is 5.11 Å². The summed E-state index contributed by atoms with van der Waals surface area (Å²) in [4.78, 5) is 2.38. The lowest BCUT2D eigenvalue weighted by Gasteiger charge is -2.24. The molecule has 1 saturated heterocycles. The van der Waals surface area contributed by atoms with Gasteiger partial charge in [0.15, 0.2) is 0 Å². The third kappa shape index (κ3) is 2.63. The topological polar surface area (TPSA) is 23.5 Å². The van der Waals surface area contributed by atoms with Crippen LogP contribution in [0, 0.1) is 6.92 Å². The summed E-state index contributed by atoms with van der Waals surface area (Å²) in [5.41, 5.74) is 2.27. The Hall–Kier alpha value is -0.860. The summed E-state index contributed by atoms with van der Waals surface area (Å²) in [5.74, 6) is 0. The number of rotatable bonds is 3. The fourth-order valence-electron chi connectivity index (χ4n) is 2.38. The average molecular weight is 219 g/mol. The molecule has 1 aromatic rings. The van der Waals surface area contributed by atoms with Crippen LogP contribution in [0.4, 0.5) is 0 Å². The maximum atomic E-state index is 10.1. The first-order valence-corrected chi connectivity index (χ1v) is 6.15. The van der Waals surface area contributed by atoms with Crippen LogP contribution >= 0.6 is 0 Å². The molecule has 1 aliphatic heterocycles. The standard InChI is InChI=1S/C14H21NO/c1-11-5-7-13(8-6-11)14(16)10-15-9-3-4-12(15)2/h5-8,12,14,16H,3-4,9-10H2,1-2H3. The second kappa shape index (κ2) is 4.98. The molecule has 2 nitrogen and oxygen atoms in total. The Morgan fingerprint density at radius 1 is 1.38 bits per heavy atom. The van der Waals surface area contributed by atoms with E-state index >= 15 is 0 Å². The smallest absolute Gasteiger partial charge is 0.0917 e. The van der Waals surface area contributed by atoms with E-state index in [1.165, 1.54) is 18.4 Å². The molecule has 2 atom stereocenters. The highest BCUT2D eigenvalue weighted by Gasteiger charge is 2.22. The SMILES string of the molecule is Cc1ccc(C(O)CN2CCCC2C)cc1. The van der Waals surface area contributed by atoms with Crippen molar-refractivity contribution >= 4 is 0 Å². The fraction of sp³-hybridized carbons (Fsp3) is 0.571. The predicted octanol–water partition coefficient (Wildman–Crippen LogP) is 2.51. The van der Waals surface area contributed by atoms with Crippen molar-refractivity contribution in [1.29, 1.82) is 0 Å². The van der Waals surface area contributed by atoms with Crippen molar-refractivity contribution in [3.63, 3.8) is 0 Å². The van der Waals surface area contributed by atoms with Gasteiger partial charge in [-0.15, -0.1) is 0 Å². The molecule has 16 heavy (non-hydrogen) atoms. The van der Waals surface area contributed by atoms with Crippen LogP contribution in [0.1, 0.15) is 37.0 Å². The molecule has 1 aromatic carbocycles. The highest BCUT2D eigenvalue weighted by molar-refractivity contribution is 5.23. The quantitative estimate of drug-likeness (QED) is 0.844. The van der Waals surface area contributed by atoms with Crippen molar-refractivity contribution in [2.75, 3.05) is 13.1 Å². The number of aryl methyl sites for hydroxylation is 1. The van der Waals surface area contributed by atoms with E-state index in [4.69, 9.17) is 0 Å². The first kappa shape index (κ1) is 11.6. The molecule has 1 aliphatic rings. The van der Waals surface area contributed by atoms with Crippen molar-refractivity contribution in [3.8, 4) is 0 Å². The maximum absolute atomic E-state index is 10.1. The van der Waals surface area contributed by atoms with E-state index in [0.29, 0.717) is 6.04 Å². The second-order valence-corrected chi connectivity index (χ2v) is 4.91. The molecule has 2 unspecified atom stereocenters. The van der Waals surface area contributed by atoms with Crippen molar-refractivity contribution in [3.05, 3.63) is 35.4 Å². The van der Waals surface area contributed by atoms with Gasteiger partial charge in [-0.3, -0.25) is 4.90 Å². The van der Waals surface area contributed by atoms with Gasteiger partial charge in [0.25, 0.3) is 0 Å². The number of benzene rings is 1. The van der Waals surface area contributed by atoms with E-state index in [-0.39, 0.29) is 6.10 Å². The zero-order valence-electron chi connectivity index (χ0n) is 10.2. The normalized spacial score (nSPS) is 23.6. The summed E-state index contributed by atoms with van der Waals surface area (Å²) in [6, 6.07) is 8.81. The molecule has 0 amide bonds. The van der Waals surface area contributed by atoms with E-state index in [1.807, 2.05) is 12.1 Å². The number of likely N-dealkylation sites (tertiary alicyclic amines) is 1. The van der Waals surface area contributed by atoms with E-state index in [1.54, 1.807) is 0 Å². The van der Waals surface area contributed by atoms with E-state index in [2.05, 4.69) is 30.9 Å². The average Bonchev–Trinajstić information content (AvgIpc) is 2.65. The minimum absolute atomic E-state index is 0.346. The molecular weight excluding hydrogens is 198 g/mol. The van der Waals surface area contributed by atoms with Gasteiger partial charge in [0.05, 0.1) is 6.10 Å².